The van der Waals surface area contributed by atoms with Gasteiger partial charge in [0, 0.05) is 45.7 Å². The van der Waals surface area contributed by atoms with E-state index in [1.54, 1.807) is 13.3 Å². The number of aromatic amines is 1. The van der Waals surface area contributed by atoms with Crippen LogP contribution in [0, 0.1) is 5.82 Å². The quantitative estimate of drug-likeness (QED) is 0.237. The van der Waals surface area contributed by atoms with Crippen LogP contribution in [0.25, 0.3) is 11.6 Å². The highest BCUT2D eigenvalue weighted by molar-refractivity contribution is 14.0. The molecule has 0 bridgehead atoms. The summed E-state index contributed by atoms with van der Waals surface area (Å²) < 4.78 is 18.4. The maximum absolute atomic E-state index is 13.1. The van der Waals surface area contributed by atoms with Crippen molar-refractivity contribution in [3.8, 4) is 11.6 Å². The summed E-state index contributed by atoms with van der Waals surface area (Å²) in [5.41, 5.74) is 1.15. The van der Waals surface area contributed by atoms with E-state index in [1.807, 2.05) is 24.3 Å². The second-order valence-corrected chi connectivity index (χ2v) is 7.65. The van der Waals surface area contributed by atoms with E-state index < -0.39 is 0 Å². The molecule has 1 saturated heterocycles. The number of likely N-dealkylation sites (tertiary alicyclic amines) is 1. The third kappa shape index (κ3) is 6.76. The molecule has 4 rings (SSSR count). The van der Waals surface area contributed by atoms with Gasteiger partial charge < -0.3 is 15.1 Å². The van der Waals surface area contributed by atoms with Gasteiger partial charge >= 0.3 is 0 Å². The van der Waals surface area contributed by atoms with E-state index in [1.165, 1.54) is 12.1 Å². The molecule has 2 aromatic heterocycles. The van der Waals surface area contributed by atoms with Crippen LogP contribution < -0.4 is 10.6 Å². The number of hydrogen-bond donors (Lipinski definition) is 3. The highest BCUT2D eigenvalue weighted by Crippen LogP contribution is 2.15. The van der Waals surface area contributed by atoms with Gasteiger partial charge in [0.2, 0.25) is 5.82 Å². The number of guanidine groups is 1. The zero-order chi connectivity index (χ0) is 21.5. The highest BCUT2D eigenvalue weighted by atomic mass is 127. The summed E-state index contributed by atoms with van der Waals surface area (Å²) >= 11 is 0. The van der Waals surface area contributed by atoms with E-state index >= 15 is 0 Å². The van der Waals surface area contributed by atoms with Crippen LogP contribution in [0.3, 0.4) is 0 Å². The molecule has 1 aliphatic heterocycles. The number of nitrogens with zero attached hydrogens (tertiary/aromatic N) is 4. The molecule has 1 aromatic carbocycles. The van der Waals surface area contributed by atoms with Gasteiger partial charge in [-0.05, 0) is 42.7 Å². The monoisotopic (exact) mass is 553 g/mol. The summed E-state index contributed by atoms with van der Waals surface area (Å²) in [6.45, 7) is 3.55. The molecule has 172 valence electrons. The Bertz CT molecular complexity index is 967. The lowest BCUT2D eigenvalue weighted by Crippen LogP contribution is -2.48. The fraction of sp³-hybridized carbons (Fsp3) is 0.409. The SMILES string of the molecule is CN=C(NCCc1nc(-c2ccco2)n[nH]1)NC1CCN(Cc2ccc(F)cc2)CC1.I. The number of hydrogen-bond acceptors (Lipinski definition) is 5. The first-order valence-electron chi connectivity index (χ1n) is 10.6. The standard InChI is InChI=1S/C22H28FN7O.HI/c1-24-22(25-11-8-20-27-21(29-28-20)19-3-2-14-31-19)26-18-9-12-30(13-10-18)15-16-4-6-17(23)7-5-16;/h2-7,14,18H,8-13,15H2,1H3,(H2,24,25,26)(H,27,28,29);1H. The van der Waals surface area contributed by atoms with E-state index in [2.05, 4.69) is 35.7 Å². The molecule has 0 radical (unpaired) electrons. The summed E-state index contributed by atoms with van der Waals surface area (Å²) in [6, 6.07) is 10.8. The minimum absolute atomic E-state index is 0. The fourth-order valence-corrected chi connectivity index (χ4v) is 3.69. The Kier molecular flexibility index (Phi) is 9.03. The molecule has 3 N–H and O–H groups in total. The normalized spacial score (nSPS) is 15.4. The Hall–Kier alpha value is -2.47. The lowest BCUT2D eigenvalue weighted by atomic mass is 10.0. The van der Waals surface area contributed by atoms with Crippen LogP contribution >= 0.6 is 24.0 Å². The summed E-state index contributed by atoms with van der Waals surface area (Å²) in [5, 5.41) is 14.0. The fourth-order valence-electron chi connectivity index (χ4n) is 3.69. The Balaban J connectivity index is 0.00000289. The largest absolute Gasteiger partial charge is 0.461 e. The van der Waals surface area contributed by atoms with Crippen molar-refractivity contribution in [3.05, 3.63) is 59.9 Å². The molecule has 0 spiro atoms. The minimum atomic E-state index is -0.188. The van der Waals surface area contributed by atoms with E-state index in [4.69, 9.17) is 4.42 Å². The number of nitrogens with one attached hydrogen (secondary N) is 3. The van der Waals surface area contributed by atoms with Crippen LogP contribution in [0.2, 0.25) is 0 Å². The second kappa shape index (κ2) is 12.0. The van der Waals surface area contributed by atoms with Crippen molar-refractivity contribution in [2.24, 2.45) is 4.99 Å². The maximum atomic E-state index is 13.1. The zero-order valence-corrected chi connectivity index (χ0v) is 20.4. The Morgan fingerprint density at radius 1 is 1.25 bits per heavy atom. The van der Waals surface area contributed by atoms with Crippen LogP contribution in [-0.2, 0) is 13.0 Å². The first-order valence-corrected chi connectivity index (χ1v) is 10.6. The van der Waals surface area contributed by atoms with Gasteiger partial charge in [-0.3, -0.25) is 15.0 Å². The van der Waals surface area contributed by atoms with Gasteiger partial charge in [-0.2, -0.15) is 5.10 Å². The highest BCUT2D eigenvalue weighted by Gasteiger charge is 2.20. The average Bonchev–Trinajstić information content (AvgIpc) is 3.48. The smallest absolute Gasteiger partial charge is 0.216 e. The van der Waals surface area contributed by atoms with Gasteiger partial charge in [-0.25, -0.2) is 9.37 Å². The molecule has 0 aliphatic carbocycles. The van der Waals surface area contributed by atoms with Crippen LogP contribution in [0.1, 0.15) is 24.2 Å². The first kappa shape index (κ1) is 24.2. The summed E-state index contributed by atoms with van der Waals surface area (Å²) in [7, 11) is 1.78. The number of benzene rings is 1. The van der Waals surface area contributed by atoms with Crippen LogP contribution in [0.5, 0.6) is 0 Å². The van der Waals surface area contributed by atoms with Crippen LogP contribution in [0.15, 0.2) is 52.1 Å². The number of H-pyrrole nitrogens is 1. The summed E-state index contributed by atoms with van der Waals surface area (Å²) in [4.78, 5) is 11.2. The summed E-state index contributed by atoms with van der Waals surface area (Å²) in [5.74, 6) is 2.62. The van der Waals surface area contributed by atoms with Crippen molar-refractivity contribution in [3.63, 3.8) is 0 Å². The Morgan fingerprint density at radius 3 is 2.72 bits per heavy atom. The van der Waals surface area contributed by atoms with Crippen LogP contribution in [-0.4, -0.2) is 58.8 Å². The first-order chi connectivity index (χ1) is 15.2. The topological polar surface area (TPSA) is 94.4 Å². The zero-order valence-electron chi connectivity index (χ0n) is 18.1. The average molecular weight is 553 g/mol. The van der Waals surface area contributed by atoms with Crippen molar-refractivity contribution in [2.45, 2.75) is 31.8 Å². The van der Waals surface area contributed by atoms with Gasteiger partial charge in [-0.1, -0.05) is 12.1 Å². The lowest BCUT2D eigenvalue weighted by Gasteiger charge is -2.33. The number of halogens is 2. The molecule has 10 heteroatoms. The number of piperidine rings is 1. The Morgan fingerprint density at radius 2 is 2.03 bits per heavy atom. The van der Waals surface area contributed by atoms with Crippen molar-refractivity contribution in [1.82, 2.24) is 30.7 Å². The number of aliphatic imine (C=N–C) groups is 1. The van der Waals surface area contributed by atoms with Gasteiger partial charge in [-0.15, -0.1) is 24.0 Å². The lowest BCUT2D eigenvalue weighted by molar-refractivity contribution is 0.198. The predicted octanol–water partition coefficient (Wildman–Crippen LogP) is 3.19. The van der Waals surface area contributed by atoms with Gasteiger partial charge in [0.1, 0.15) is 11.6 Å². The molecule has 0 unspecified atom stereocenters. The van der Waals surface area contributed by atoms with Gasteiger partial charge in [0.05, 0.1) is 6.26 Å². The van der Waals surface area contributed by atoms with Gasteiger partial charge in [0.25, 0.3) is 0 Å². The molecule has 1 fully saturated rings. The third-order valence-corrected chi connectivity index (χ3v) is 5.40. The number of furan rings is 1. The van der Waals surface area contributed by atoms with E-state index in [9.17, 15) is 4.39 Å². The van der Waals surface area contributed by atoms with E-state index in [-0.39, 0.29) is 29.8 Å². The molecular weight excluding hydrogens is 524 g/mol. The molecule has 0 atom stereocenters. The van der Waals surface area contributed by atoms with E-state index in [0.717, 1.165) is 49.8 Å². The van der Waals surface area contributed by atoms with Crippen molar-refractivity contribution in [2.75, 3.05) is 26.7 Å². The molecule has 3 aromatic rings. The van der Waals surface area contributed by atoms with Crippen molar-refractivity contribution in [1.29, 1.82) is 0 Å². The minimum Gasteiger partial charge on any atom is -0.461 e. The summed E-state index contributed by atoms with van der Waals surface area (Å²) in [6.07, 6.45) is 4.38. The van der Waals surface area contributed by atoms with Crippen LogP contribution in [0.4, 0.5) is 4.39 Å². The van der Waals surface area contributed by atoms with E-state index in [0.29, 0.717) is 30.6 Å². The predicted molar refractivity (Wildman–Crippen MR) is 132 cm³/mol. The molecule has 32 heavy (non-hydrogen) atoms. The molecular formula is C22H29FIN7O. The number of rotatable bonds is 7. The van der Waals surface area contributed by atoms with Crippen molar-refractivity contribution < 1.29 is 8.81 Å². The molecule has 1 aliphatic rings. The molecule has 0 saturated carbocycles. The van der Waals surface area contributed by atoms with Crippen molar-refractivity contribution >= 4 is 29.9 Å². The maximum Gasteiger partial charge on any atom is 0.216 e. The molecule has 0 amide bonds. The van der Waals surface area contributed by atoms with Gasteiger partial charge in [0.15, 0.2) is 11.7 Å². The number of aromatic nitrogens is 3. The molecule has 3 heterocycles. The third-order valence-electron chi connectivity index (χ3n) is 5.40. The molecule has 8 nitrogen and oxygen atoms in total. The second-order valence-electron chi connectivity index (χ2n) is 7.65. The Labute approximate surface area is 204 Å².